The maximum Gasteiger partial charge on any atom is 0.174 e. The number of aliphatic imine (C=N–C) groups is 1. The van der Waals surface area contributed by atoms with Crippen LogP contribution in [0.4, 0.5) is 11.4 Å². The number of benzene rings is 4. The number of hydrogen-bond acceptors (Lipinski definition) is 4. The topological polar surface area (TPSA) is 42.8 Å². The molecule has 0 spiro atoms. The molecule has 0 radical (unpaired) electrons. The molecule has 1 aliphatic heterocycles. The first-order valence-electron chi connectivity index (χ1n) is 13.0. The van der Waals surface area contributed by atoms with Gasteiger partial charge in [0.1, 0.15) is 6.61 Å². The molecular formula is C33H28ClIN2O2. The molecule has 1 aliphatic carbocycles. The van der Waals surface area contributed by atoms with Crippen LogP contribution in [-0.2, 0) is 6.61 Å². The minimum Gasteiger partial charge on any atom is -0.493 e. The molecule has 6 rings (SSSR count). The summed E-state index contributed by atoms with van der Waals surface area (Å²) in [6.07, 6.45) is 7.67. The van der Waals surface area contributed by atoms with Crippen molar-refractivity contribution in [2.45, 2.75) is 25.0 Å². The van der Waals surface area contributed by atoms with Crippen molar-refractivity contribution in [2.75, 3.05) is 12.4 Å². The van der Waals surface area contributed by atoms with Crippen molar-refractivity contribution >= 4 is 51.8 Å². The fraction of sp³-hybridized carbons (Fsp3) is 0.182. The summed E-state index contributed by atoms with van der Waals surface area (Å²) in [5.41, 5.74) is 6.83. The van der Waals surface area contributed by atoms with Gasteiger partial charge in [-0.3, -0.25) is 4.99 Å². The molecule has 0 unspecified atom stereocenters. The second-order valence-corrected chi connectivity index (χ2v) is 11.5. The highest BCUT2D eigenvalue weighted by atomic mass is 127. The minimum atomic E-state index is 0.282. The van der Waals surface area contributed by atoms with Crippen molar-refractivity contribution in [2.24, 2.45) is 10.9 Å². The van der Waals surface area contributed by atoms with E-state index in [0.29, 0.717) is 29.2 Å². The van der Waals surface area contributed by atoms with Crippen molar-refractivity contribution in [1.82, 2.24) is 0 Å². The zero-order chi connectivity index (χ0) is 26.8. The standard InChI is InChI=1S/C33H28ClIN2O2/c1-38-31-18-22(17-29(35)33(31)39-20-21-9-13-24(34)14-10-21)19-36-25-15-11-23(12-16-25)32-28-7-4-6-26(28)27-5-2-3-8-30(27)37-32/h2-6,8-19,26,28,32,37H,7,20H2,1H3/t26-,28-,32+/m1/s1. The number of halogens is 2. The Morgan fingerprint density at radius 2 is 1.82 bits per heavy atom. The molecule has 4 aromatic rings. The molecule has 0 amide bonds. The lowest BCUT2D eigenvalue weighted by Crippen LogP contribution is -2.28. The summed E-state index contributed by atoms with van der Waals surface area (Å²) in [5.74, 6) is 2.40. The average Bonchev–Trinajstić information content (AvgIpc) is 3.46. The van der Waals surface area contributed by atoms with Gasteiger partial charge in [-0.05, 0) is 99.6 Å². The van der Waals surface area contributed by atoms with Crippen LogP contribution in [0.2, 0.25) is 5.02 Å². The van der Waals surface area contributed by atoms with Gasteiger partial charge in [0, 0.05) is 22.8 Å². The lowest BCUT2D eigenvalue weighted by molar-refractivity contribution is 0.282. The van der Waals surface area contributed by atoms with E-state index in [1.807, 2.05) is 36.5 Å². The summed E-state index contributed by atoms with van der Waals surface area (Å²) in [4.78, 5) is 4.74. The number of rotatable bonds is 7. The van der Waals surface area contributed by atoms with E-state index in [1.54, 1.807) is 7.11 Å². The smallest absolute Gasteiger partial charge is 0.174 e. The van der Waals surface area contributed by atoms with Gasteiger partial charge < -0.3 is 14.8 Å². The zero-order valence-corrected chi connectivity index (χ0v) is 24.4. The second-order valence-electron chi connectivity index (χ2n) is 9.86. The third-order valence-corrected chi connectivity index (χ3v) is 8.49. The van der Waals surface area contributed by atoms with E-state index in [9.17, 15) is 0 Å². The summed E-state index contributed by atoms with van der Waals surface area (Å²) in [6, 6.07) is 29.2. The van der Waals surface area contributed by atoms with Gasteiger partial charge in [0.15, 0.2) is 11.5 Å². The molecule has 2 aliphatic rings. The molecule has 4 nitrogen and oxygen atoms in total. The van der Waals surface area contributed by atoms with Crippen LogP contribution < -0.4 is 14.8 Å². The predicted molar refractivity (Wildman–Crippen MR) is 168 cm³/mol. The zero-order valence-electron chi connectivity index (χ0n) is 21.5. The largest absolute Gasteiger partial charge is 0.493 e. The highest BCUT2D eigenvalue weighted by Crippen LogP contribution is 2.49. The predicted octanol–water partition coefficient (Wildman–Crippen LogP) is 9.11. The van der Waals surface area contributed by atoms with Gasteiger partial charge in [-0.2, -0.15) is 0 Å². The minimum absolute atomic E-state index is 0.282. The molecule has 6 heteroatoms. The Morgan fingerprint density at radius 3 is 2.62 bits per heavy atom. The number of allylic oxidation sites excluding steroid dienone is 2. The van der Waals surface area contributed by atoms with E-state index in [4.69, 9.17) is 26.1 Å². The van der Waals surface area contributed by atoms with Gasteiger partial charge in [-0.15, -0.1) is 0 Å². The number of nitrogens with zero attached hydrogens (tertiary/aromatic N) is 1. The summed E-state index contributed by atoms with van der Waals surface area (Å²) in [7, 11) is 1.66. The van der Waals surface area contributed by atoms with E-state index in [2.05, 4.69) is 94.7 Å². The number of hydrogen-bond donors (Lipinski definition) is 1. The average molecular weight is 647 g/mol. The van der Waals surface area contributed by atoms with Crippen LogP contribution in [0.3, 0.4) is 0 Å². The highest BCUT2D eigenvalue weighted by molar-refractivity contribution is 14.1. The van der Waals surface area contributed by atoms with E-state index in [-0.39, 0.29) is 6.04 Å². The van der Waals surface area contributed by atoms with Crippen LogP contribution in [0.5, 0.6) is 11.5 Å². The fourth-order valence-electron chi connectivity index (χ4n) is 5.48. The van der Waals surface area contributed by atoms with E-state index >= 15 is 0 Å². The Bertz CT molecular complexity index is 1530. The Hall–Kier alpha value is -3.29. The van der Waals surface area contributed by atoms with Crippen LogP contribution >= 0.6 is 34.2 Å². The number of para-hydroxylation sites is 1. The number of methoxy groups -OCH3 is 1. The van der Waals surface area contributed by atoms with Crippen LogP contribution in [-0.4, -0.2) is 13.3 Å². The van der Waals surface area contributed by atoms with Gasteiger partial charge in [-0.1, -0.05) is 66.2 Å². The third-order valence-electron chi connectivity index (χ3n) is 7.44. The lowest BCUT2D eigenvalue weighted by atomic mass is 9.77. The van der Waals surface area contributed by atoms with E-state index in [1.165, 1.54) is 16.8 Å². The molecule has 0 aromatic heterocycles. The molecule has 1 N–H and O–H groups in total. The second kappa shape index (κ2) is 11.4. The Morgan fingerprint density at radius 1 is 1.03 bits per heavy atom. The van der Waals surface area contributed by atoms with Crippen molar-refractivity contribution < 1.29 is 9.47 Å². The molecule has 0 saturated heterocycles. The maximum atomic E-state index is 6.09. The molecule has 1 heterocycles. The maximum absolute atomic E-state index is 6.09. The van der Waals surface area contributed by atoms with Gasteiger partial charge in [0.05, 0.1) is 22.4 Å². The first-order valence-corrected chi connectivity index (χ1v) is 14.5. The molecule has 0 fully saturated rings. The summed E-state index contributed by atoms with van der Waals surface area (Å²) in [5, 5.41) is 4.51. The molecule has 3 atom stereocenters. The van der Waals surface area contributed by atoms with Crippen LogP contribution in [0.25, 0.3) is 0 Å². The van der Waals surface area contributed by atoms with Crippen LogP contribution in [0, 0.1) is 9.49 Å². The van der Waals surface area contributed by atoms with Gasteiger partial charge in [0.2, 0.25) is 0 Å². The monoisotopic (exact) mass is 646 g/mol. The summed E-state index contributed by atoms with van der Waals surface area (Å²) >= 11 is 8.27. The molecule has 0 saturated carbocycles. The Balaban J connectivity index is 1.16. The molecule has 39 heavy (non-hydrogen) atoms. The fourth-order valence-corrected chi connectivity index (χ4v) is 6.39. The number of anilines is 1. The van der Waals surface area contributed by atoms with Gasteiger partial charge >= 0.3 is 0 Å². The number of nitrogens with one attached hydrogen (secondary N) is 1. The first kappa shape index (κ1) is 26.0. The van der Waals surface area contributed by atoms with Crippen LogP contribution in [0.1, 0.15) is 40.6 Å². The van der Waals surface area contributed by atoms with E-state index < -0.39 is 0 Å². The van der Waals surface area contributed by atoms with Crippen molar-refractivity contribution in [3.8, 4) is 11.5 Å². The van der Waals surface area contributed by atoms with Crippen molar-refractivity contribution in [3.05, 3.63) is 128 Å². The molecule has 0 bridgehead atoms. The Labute approximate surface area is 247 Å². The summed E-state index contributed by atoms with van der Waals surface area (Å²) < 4.78 is 12.7. The van der Waals surface area contributed by atoms with E-state index in [0.717, 1.165) is 32.6 Å². The van der Waals surface area contributed by atoms with Crippen LogP contribution in [0.15, 0.2) is 102 Å². The Kier molecular flexibility index (Phi) is 7.62. The third kappa shape index (κ3) is 5.56. The van der Waals surface area contributed by atoms with Gasteiger partial charge in [0.25, 0.3) is 0 Å². The van der Waals surface area contributed by atoms with Crippen molar-refractivity contribution in [1.29, 1.82) is 0 Å². The number of ether oxygens (including phenoxy) is 2. The molecule has 196 valence electrons. The van der Waals surface area contributed by atoms with Crippen molar-refractivity contribution in [3.63, 3.8) is 0 Å². The number of fused-ring (bicyclic) bond motifs is 3. The SMILES string of the molecule is COc1cc(C=Nc2ccc([C@@H]3Nc4ccccc4[C@H]4C=CC[C@H]43)cc2)cc(I)c1OCc1ccc(Cl)cc1. The normalized spacial score (nSPS) is 19.4. The highest BCUT2D eigenvalue weighted by Gasteiger charge is 2.37. The quantitative estimate of drug-likeness (QED) is 0.124. The first-order chi connectivity index (χ1) is 19.1. The lowest BCUT2D eigenvalue weighted by Gasteiger charge is -2.37. The molecule has 4 aromatic carbocycles. The van der Waals surface area contributed by atoms with Gasteiger partial charge in [-0.25, -0.2) is 0 Å². The molecular weight excluding hydrogens is 619 g/mol. The summed E-state index contributed by atoms with van der Waals surface area (Å²) in [6.45, 7) is 0.433.